The van der Waals surface area contributed by atoms with Gasteiger partial charge in [0, 0.05) is 19.8 Å². The van der Waals surface area contributed by atoms with Crippen molar-refractivity contribution in [1.29, 1.82) is 0 Å². The summed E-state index contributed by atoms with van der Waals surface area (Å²) in [5, 5.41) is 3.47. The zero-order valence-electron chi connectivity index (χ0n) is 12.5. The van der Waals surface area contributed by atoms with Crippen molar-refractivity contribution in [3.05, 3.63) is 0 Å². The maximum absolute atomic E-state index is 5.50. The first-order chi connectivity index (χ1) is 8.02. The third-order valence-corrected chi connectivity index (χ3v) is 3.11. The molecule has 1 N–H and O–H groups in total. The molecule has 0 saturated heterocycles. The molecule has 0 fully saturated rings. The van der Waals surface area contributed by atoms with E-state index in [1.165, 1.54) is 0 Å². The lowest BCUT2D eigenvalue weighted by Gasteiger charge is -2.26. The van der Waals surface area contributed by atoms with Gasteiger partial charge in [0.05, 0.1) is 0 Å². The lowest BCUT2D eigenvalue weighted by atomic mass is 9.85. The Labute approximate surface area is 107 Å². The lowest BCUT2D eigenvalue weighted by molar-refractivity contribution is -0.133. The maximum Gasteiger partial charge on any atom is 0.169 e. The van der Waals surface area contributed by atoms with Gasteiger partial charge in [0.25, 0.3) is 0 Å². The molecule has 0 aromatic rings. The van der Waals surface area contributed by atoms with Gasteiger partial charge in [-0.2, -0.15) is 0 Å². The fraction of sp³-hybridized carbons (Fsp3) is 1.00. The quantitative estimate of drug-likeness (QED) is 0.600. The first-order valence-corrected chi connectivity index (χ1v) is 6.96. The van der Waals surface area contributed by atoms with Crippen LogP contribution in [0.1, 0.15) is 41.5 Å². The normalized spacial score (nSPS) is 12.4. The standard InChI is InChI=1S/C14H31NO2/c1-7-16-14(17-8-2)10-15-9-13(11(3)4)12(5)6/h11-15H,7-10H2,1-6H3. The molecule has 0 atom stereocenters. The van der Waals surface area contributed by atoms with Gasteiger partial charge in [-0.25, -0.2) is 0 Å². The first kappa shape index (κ1) is 16.9. The third kappa shape index (κ3) is 7.74. The van der Waals surface area contributed by atoms with Crippen LogP contribution in [0.2, 0.25) is 0 Å². The predicted molar refractivity (Wildman–Crippen MR) is 73.1 cm³/mol. The fourth-order valence-corrected chi connectivity index (χ4v) is 2.15. The SMILES string of the molecule is CCOC(CNCC(C(C)C)C(C)C)OCC. The second-order valence-corrected chi connectivity index (χ2v) is 5.15. The van der Waals surface area contributed by atoms with Crippen molar-refractivity contribution in [3.8, 4) is 0 Å². The Balaban J connectivity index is 3.91. The Hall–Kier alpha value is -0.120. The van der Waals surface area contributed by atoms with Crippen LogP contribution < -0.4 is 5.32 Å². The van der Waals surface area contributed by atoms with Crippen LogP contribution in [0.15, 0.2) is 0 Å². The highest BCUT2D eigenvalue weighted by Crippen LogP contribution is 2.19. The van der Waals surface area contributed by atoms with E-state index in [2.05, 4.69) is 33.0 Å². The minimum atomic E-state index is -0.107. The molecule has 0 aliphatic carbocycles. The van der Waals surface area contributed by atoms with E-state index in [1.807, 2.05) is 13.8 Å². The van der Waals surface area contributed by atoms with Crippen LogP contribution in [0.4, 0.5) is 0 Å². The molecule has 0 aliphatic rings. The van der Waals surface area contributed by atoms with E-state index in [1.54, 1.807) is 0 Å². The van der Waals surface area contributed by atoms with Gasteiger partial charge in [-0.3, -0.25) is 0 Å². The largest absolute Gasteiger partial charge is 0.352 e. The summed E-state index contributed by atoms with van der Waals surface area (Å²) < 4.78 is 11.0. The van der Waals surface area contributed by atoms with Crippen molar-refractivity contribution in [2.45, 2.75) is 47.8 Å². The van der Waals surface area contributed by atoms with Gasteiger partial charge < -0.3 is 14.8 Å². The van der Waals surface area contributed by atoms with Crippen molar-refractivity contribution < 1.29 is 9.47 Å². The first-order valence-electron chi connectivity index (χ1n) is 6.96. The molecular formula is C14H31NO2. The highest BCUT2D eigenvalue weighted by Gasteiger charge is 2.17. The summed E-state index contributed by atoms with van der Waals surface area (Å²) in [6, 6.07) is 0. The number of hydrogen-bond donors (Lipinski definition) is 1. The molecule has 0 aliphatic heterocycles. The van der Waals surface area contributed by atoms with Crippen LogP contribution in [-0.2, 0) is 9.47 Å². The Morgan fingerprint density at radius 3 is 1.65 bits per heavy atom. The molecule has 0 bridgehead atoms. The average molecular weight is 245 g/mol. The van der Waals surface area contributed by atoms with Crippen molar-refractivity contribution in [2.24, 2.45) is 17.8 Å². The van der Waals surface area contributed by atoms with Gasteiger partial charge in [0.1, 0.15) is 0 Å². The van der Waals surface area contributed by atoms with Gasteiger partial charge in [0.2, 0.25) is 0 Å². The Kier molecular flexibility index (Phi) is 9.79. The summed E-state index contributed by atoms with van der Waals surface area (Å²) in [6.07, 6.45) is -0.107. The van der Waals surface area contributed by atoms with Crippen LogP contribution in [0.5, 0.6) is 0 Å². The van der Waals surface area contributed by atoms with Gasteiger partial charge >= 0.3 is 0 Å². The molecule has 0 rings (SSSR count). The molecule has 0 amide bonds. The summed E-state index contributed by atoms with van der Waals surface area (Å²) in [6.45, 7) is 16.3. The van der Waals surface area contributed by atoms with E-state index in [-0.39, 0.29) is 6.29 Å². The zero-order chi connectivity index (χ0) is 13.3. The molecule has 0 aromatic heterocycles. The van der Waals surface area contributed by atoms with E-state index in [9.17, 15) is 0 Å². The molecule has 0 heterocycles. The monoisotopic (exact) mass is 245 g/mol. The Morgan fingerprint density at radius 2 is 1.29 bits per heavy atom. The second-order valence-electron chi connectivity index (χ2n) is 5.15. The summed E-state index contributed by atoms with van der Waals surface area (Å²) >= 11 is 0. The van der Waals surface area contributed by atoms with Gasteiger partial charge in [0.15, 0.2) is 6.29 Å². The molecule has 0 saturated carbocycles. The van der Waals surface area contributed by atoms with Crippen molar-refractivity contribution >= 4 is 0 Å². The van der Waals surface area contributed by atoms with Gasteiger partial charge in [-0.15, -0.1) is 0 Å². The summed E-state index contributed by atoms with van der Waals surface area (Å²) in [4.78, 5) is 0. The van der Waals surface area contributed by atoms with Crippen LogP contribution in [0, 0.1) is 17.8 Å². The highest BCUT2D eigenvalue weighted by molar-refractivity contribution is 4.69. The van der Waals surface area contributed by atoms with Crippen molar-refractivity contribution in [2.75, 3.05) is 26.3 Å². The van der Waals surface area contributed by atoms with E-state index in [4.69, 9.17) is 9.47 Å². The molecule has 104 valence electrons. The summed E-state index contributed by atoms with van der Waals surface area (Å²) in [5.74, 6) is 2.12. The molecule has 0 radical (unpaired) electrons. The number of rotatable bonds is 10. The number of nitrogens with one attached hydrogen (secondary N) is 1. The van der Waals surface area contributed by atoms with E-state index in [0.717, 1.165) is 13.1 Å². The maximum atomic E-state index is 5.50. The van der Waals surface area contributed by atoms with Crippen LogP contribution in [0.25, 0.3) is 0 Å². The Morgan fingerprint density at radius 1 is 0.824 bits per heavy atom. The van der Waals surface area contributed by atoms with Crippen LogP contribution >= 0.6 is 0 Å². The molecule has 3 heteroatoms. The second kappa shape index (κ2) is 9.86. The molecule has 0 unspecified atom stereocenters. The zero-order valence-corrected chi connectivity index (χ0v) is 12.5. The topological polar surface area (TPSA) is 30.5 Å². The molecule has 3 nitrogen and oxygen atoms in total. The van der Waals surface area contributed by atoms with Crippen molar-refractivity contribution in [1.82, 2.24) is 5.32 Å². The minimum absolute atomic E-state index is 0.107. The Bertz CT molecular complexity index is 158. The van der Waals surface area contributed by atoms with Gasteiger partial charge in [-0.05, 0) is 38.1 Å². The summed E-state index contributed by atoms with van der Waals surface area (Å²) in [5.41, 5.74) is 0. The lowest BCUT2D eigenvalue weighted by Crippen LogP contribution is -2.37. The van der Waals surface area contributed by atoms with Crippen molar-refractivity contribution in [3.63, 3.8) is 0 Å². The third-order valence-electron chi connectivity index (χ3n) is 3.11. The number of hydrogen-bond acceptors (Lipinski definition) is 3. The number of ether oxygens (including phenoxy) is 2. The van der Waals surface area contributed by atoms with E-state index < -0.39 is 0 Å². The molecule has 17 heavy (non-hydrogen) atoms. The van der Waals surface area contributed by atoms with E-state index in [0.29, 0.717) is 31.0 Å². The minimum Gasteiger partial charge on any atom is -0.352 e. The van der Waals surface area contributed by atoms with Gasteiger partial charge in [-0.1, -0.05) is 27.7 Å². The molecular weight excluding hydrogens is 214 g/mol. The molecule has 0 aromatic carbocycles. The van der Waals surface area contributed by atoms with E-state index >= 15 is 0 Å². The van der Waals surface area contributed by atoms with Crippen LogP contribution in [-0.4, -0.2) is 32.6 Å². The smallest absolute Gasteiger partial charge is 0.169 e. The van der Waals surface area contributed by atoms with Crippen LogP contribution in [0.3, 0.4) is 0 Å². The fourth-order valence-electron chi connectivity index (χ4n) is 2.15. The highest BCUT2D eigenvalue weighted by atomic mass is 16.7. The predicted octanol–water partition coefficient (Wildman–Crippen LogP) is 2.90. The average Bonchev–Trinajstić information content (AvgIpc) is 2.23. The molecule has 0 spiro atoms. The summed E-state index contributed by atoms with van der Waals surface area (Å²) in [7, 11) is 0.